The number of ether oxygens (including phenoxy) is 1. The van der Waals surface area contributed by atoms with Gasteiger partial charge in [-0.3, -0.25) is 14.6 Å². The molecule has 0 radical (unpaired) electrons. The SMILES string of the molecule is COC(=O)C(Cc1c(C=C2NC=CN=C2C2C=NNC2=O)[nH]c2ccccc12)NC(C)=O. The Morgan fingerprint density at radius 1 is 1.31 bits per heavy atom. The third kappa shape index (κ3) is 4.15. The number of para-hydroxylation sites is 1. The molecule has 0 fully saturated rings. The second-order valence-electron chi connectivity index (χ2n) is 7.31. The van der Waals surface area contributed by atoms with Gasteiger partial charge in [-0.05, 0) is 17.7 Å². The summed E-state index contributed by atoms with van der Waals surface area (Å²) >= 11 is 0. The first kappa shape index (κ1) is 21.0. The molecule has 0 bridgehead atoms. The lowest BCUT2D eigenvalue weighted by molar-refractivity contribution is -0.144. The number of rotatable bonds is 6. The summed E-state index contributed by atoms with van der Waals surface area (Å²) < 4.78 is 4.88. The summed E-state index contributed by atoms with van der Waals surface area (Å²) in [6.07, 6.45) is 6.78. The number of aromatic amines is 1. The maximum atomic E-state index is 12.3. The zero-order chi connectivity index (χ0) is 22.7. The fourth-order valence-electron chi connectivity index (χ4n) is 3.75. The fourth-order valence-corrected chi connectivity index (χ4v) is 3.75. The van der Waals surface area contributed by atoms with Gasteiger partial charge in [0, 0.05) is 48.6 Å². The fraction of sp³-hybridized carbons (Fsp3) is 0.227. The topological polar surface area (TPSA) is 137 Å². The van der Waals surface area contributed by atoms with E-state index >= 15 is 0 Å². The van der Waals surface area contributed by atoms with Gasteiger partial charge in [0.25, 0.3) is 5.91 Å². The number of hydrogen-bond acceptors (Lipinski definition) is 7. The van der Waals surface area contributed by atoms with Gasteiger partial charge in [0.1, 0.15) is 12.0 Å². The van der Waals surface area contributed by atoms with Crippen LogP contribution in [0, 0.1) is 5.92 Å². The first-order valence-electron chi connectivity index (χ1n) is 9.96. The van der Waals surface area contributed by atoms with Crippen LogP contribution in [0.5, 0.6) is 0 Å². The number of benzene rings is 1. The molecule has 3 heterocycles. The Morgan fingerprint density at radius 3 is 2.84 bits per heavy atom. The minimum absolute atomic E-state index is 0.211. The largest absolute Gasteiger partial charge is 0.467 e. The lowest BCUT2D eigenvalue weighted by atomic mass is 9.98. The molecule has 2 atom stereocenters. The van der Waals surface area contributed by atoms with Crippen LogP contribution in [0.1, 0.15) is 18.2 Å². The highest BCUT2D eigenvalue weighted by atomic mass is 16.5. The van der Waals surface area contributed by atoms with Gasteiger partial charge in [-0.15, -0.1) is 0 Å². The first-order chi connectivity index (χ1) is 15.5. The Balaban J connectivity index is 1.77. The van der Waals surface area contributed by atoms with Gasteiger partial charge in [0.2, 0.25) is 5.91 Å². The second-order valence-corrected chi connectivity index (χ2v) is 7.31. The van der Waals surface area contributed by atoms with Crippen LogP contribution in [-0.4, -0.2) is 47.8 Å². The minimum atomic E-state index is -0.853. The van der Waals surface area contributed by atoms with Crippen molar-refractivity contribution in [1.29, 1.82) is 0 Å². The Kier molecular flexibility index (Phi) is 5.84. The summed E-state index contributed by atoms with van der Waals surface area (Å²) in [5.74, 6) is -1.75. The monoisotopic (exact) mass is 434 g/mol. The van der Waals surface area contributed by atoms with Crippen LogP contribution < -0.4 is 16.1 Å². The molecule has 2 aromatic rings. The zero-order valence-electron chi connectivity index (χ0n) is 17.5. The molecule has 1 aromatic carbocycles. The highest BCUT2D eigenvalue weighted by molar-refractivity contribution is 6.24. The number of allylic oxidation sites excluding steroid dienone is 1. The van der Waals surface area contributed by atoms with Gasteiger partial charge >= 0.3 is 5.97 Å². The van der Waals surface area contributed by atoms with E-state index in [-0.39, 0.29) is 18.2 Å². The molecule has 4 rings (SSSR count). The summed E-state index contributed by atoms with van der Waals surface area (Å²) in [6.45, 7) is 1.35. The number of fused-ring (bicyclic) bond motifs is 1. The average Bonchev–Trinajstić information content (AvgIpc) is 3.36. The van der Waals surface area contributed by atoms with Crippen LogP contribution in [0.2, 0.25) is 0 Å². The number of nitrogens with zero attached hydrogens (tertiary/aromatic N) is 2. The van der Waals surface area contributed by atoms with E-state index in [2.05, 4.69) is 31.1 Å². The van der Waals surface area contributed by atoms with E-state index in [9.17, 15) is 14.4 Å². The molecule has 2 aliphatic heterocycles. The summed E-state index contributed by atoms with van der Waals surface area (Å²) in [7, 11) is 1.28. The van der Waals surface area contributed by atoms with Crippen molar-refractivity contribution in [1.82, 2.24) is 21.0 Å². The quantitative estimate of drug-likeness (QED) is 0.502. The number of carbonyl (C=O) groups excluding carboxylic acids is 3. The molecule has 10 nitrogen and oxygen atoms in total. The van der Waals surface area contributed by atoms with Crippen LogP contribution in [0.4, 0.5) is 0 Å². The number of hydrogen-bond donors (Lipinski definition) is 4. The number of methoxy groups -OCH3 is 1. The standard InChI is InChI=1S/C22H22N6O4/c1-12(29)26-19(22(31)32-2)9-14-13-5-3-4-6-16(13)27-17(14)10-18-20(24-8-7-23-18)15-11-25-28-21(15)30/h3-8,10-11,15,19,23,27H,9H2,1-2H3,(H,26,29)(H,28,30). The molecular weight excluding hydrogens is 412 g/mol. The summed E-state index contributed by atoms with van der Waals surface area (Å²) in [5.41, 5.74) is 5.95. The van der Waals surface area contributed by atoms with Crippen LogP contribution >= 0.6 is 0 Å². The van der Waals surface area contributed by atoms with Crippen molar-refractivity contribution in [2.75, 3.05) is 7.11 Å². The van der Waals surface area contributed by atoms with Gasteiger partial charge in [0.05, 0.1) is 18.5 Å². The van der Waals surface area contributed by atoms with Gasteiger partial charge < -0.3 is 20.4 Å². The van der Waals surface area contributed by atoms with Gasteiger partial charge in [0.15, 0.2) is 0 Å². The van der Waals surface area contributed by atoms with Crippen molar-refractivity contribution < 1.29 is 19.1 Å². The van der Waals surface area contributed by atoms with E-state index in [0.717, 1.165) is 16.5 Å². The normalized spacial score (nSPS) is 19.4. The molecule has 0 saturated heterocycles. The minimum Gasteiger partial charge on any atom is -0.467 e. The molecular formula is C22H22N6O4. The van der Waals surface area contributed by atoms with E-state index in [1.165, 1.54) is 20.2 Å². The number of carbonyl (C=O) groups is 3. The summed E-state index contributed by atoms with van der Waals surface area (Å²) in [6, 6.07) is 6.81. The second kappa shape index (κ2) is 8.88. The first-order valence-corrected chi connectivity index (χ1v) is 9.96. The van der Waals surface area contributed by atoms with Gasteiger partial charge in [-0.1, -0.05) is 18.2 Å². The Morgan fingerprint density at radius 2 is 2.12 bits per heavy atom. The highest BCUT2D eigenvalue weighted by Gasteiger charge is 2.30. The summed E-state index contributed by atoms with van der Waals surface area (Å²) in [5, 5.41) is 10.5. The molecule has 0 aliphatic carbocycles. The molecule has 4 N–H and O–H groups in total. The number of amides is 2. The van der Waals surface area contributed by atoms with Crippen LogP contribution in [0.15, 0.2) is 52.5 Å². The maximum absolute atomic E-state index is 12.3. The van der Waals surface area contributed by atoms with Gasteiger partial charge in [-0.2, -0.15) is 5.10 Å². The van der Waals surface area contributed by atoms with Crippen LogP contribution in [-0.2, 0) is 25.5 Å². The third-order valence-corrected chi connectivity index (χ3v) is 5.19. The van der Waals surface area contributed by atoms with Crippen LogP contribution in [0.25, 0.3) is 17.0 Å². The highest BCUT2D eigenvalue weighted by Crippen LogP contribution is 2.27. The molecule has 10 heteroatoms. The number of hydrazone groups is 1. The third-order valence-electron chi connectivity index (χ3n) is 5.19. The molecule has 164 valence electrons. The molecule has 2 aliphatic rings. The van der Waals surface area contributed by atoms with E-state index in [1.807, 2.05) is 30.3 Å². The smallest absolute Gasteiger partial charge is 0.328 e. The number of nitrogens with one attached hydrogen (secondary N) is 4. The summed E-state index contributed by atoms with van der Waals surface area (Å²) in [4.78, 5) is 43.8. The molecule has 0 spiro atoms. The Bertz CT molecular complexity index is 1210. The van der Waals surface area contributed by atoms with E-state index < -0.39 is 17.9 Å². The van der Waals surface area contributed by atoms with Crippen molar-refractivity contribution in [3.05, 3.63) is 53.6 Å². The molecule has 2 amide bonds. The lowest BCUT2D eigenvalue weighted by Crippen LogP contribution is -2.42. The van der Waals surface area contributed by atoms with E-state index in [1.54, 1.807) is 12.4 Å². The predicted molar refractivity (Wildman–Crippen MR) is 119 cm³/mol. The van der Waals surface area contributed by atoms with Crippen molar-refractivity contribution in [3.63, 3.8) is 0 Å². The number of H-pyrrole nitrogens is 1. The number of aromatic nitrogens is 1. The average molecular weight is 434 g/mol. The molecule has 32 heavy (non-hydrogen) atoms. The Labute approximate surface area is 183 Å². The van der Waals surface area contributed by atoms with Gasteiger partial charge in [-0.25, -0.2) is 10.2 Å². The Hall–Kier alpha value is -4.21. The lowest BCUT2D eigenvalue weighted by Gasteiger charge is -2.18. The molecule has 0 saturated carbocycles. The van der Waals surface area contributed by atoms with Crippen molar-refractivity contribution in [2.45, 2.75) is 19.4 Å². The van der Waals surface area contributed by atoms with Crippen molar-refractivity contribution in [3.8, 4) is 0 Å². The molecule has 2 unspecified atom stereocenters. The molecule has 1 aromatic heterocycles. The van der Waals surface area contributed by atoms with E-state index in [0.29, 0.717) is 17.1 Å². The maximum Gasteiger partial charge on any atom is 0.328 e. The van der Waals surface area contributed by atoms with Crippen LogP contribution in [0.3, 0.4) is 0 Å². The number of aliphatic imine (C=N–C) groups is 1. The van der Waals surface area contributed by atoms with Crippen molar-refractivity contribution >= 4 is 46.7 Å². The van der Waals surface area contributed by atoms with E-state index in [4.69, 9.17) is 4.74 Å². The number of esters is 1. The zero-order valence-corrected chi connectivity index (χ0v) is 17.5. The van der Waals surface area contributed by atoms with Crippen molar-refractivity contribution in [2.24, 2.45) is 16.0 Å². The predicted octanol–water partition coefficient (Wildman–Crippen LogP) is 0.976.